The molecule has 9 heteroatoms. The van der Waals surface area contributed by atoms with E-state index >= 15 is 0 Å². The van der Waals surface area contributed by atoms with Crippen LogP contribution in [0.1, 0.15) is 32.6 Å². The average molecular weight is 416 g/mol. The van der Waals surface area contributed by atoms with Gasteiger partial charge in [-0.2, -0.15) is 0 Å². The van der Waals surface area contributed by atoms with Crippen LogP contribution in [0.5, 0.6) is 0 Å². The van der Waals surface area contributed by atoms with Gasteiger partial charge in [-0.05, 0) is 25.5 Å². The van der Waals surface area contributed by atoms with E-state index in [0.29, 0.717) is 41.8 Å². The number of rotatable bonds is 7. The van der Waals surface area contributed by atoms with Gasteiger partial charge >= 0.3 is 0 Å². The van der Waals surface area contributed by atoms with E-state index in [1.165, 1.54) is 0 Å². The van der Waals surface area contributed by atoms with Gasteiger partial charge in [0.15, 0.2) is 0 Å². The van der Waals surface area contributed by atoms with Gasteiger partial charge in [0, 0.05) is 54.7 Å². The Bertz CT molecular complexity index is 936. The van der Waals surface area contributed by atoms with E-state index < -0.39 is 0 Å². The lowest BCUT2D eigenvalue weighted by atomic mass is 10.1. The number of anilines is 1. The zero-order valence-electron chi connectivity index (χ0n) is 16.1. The molecule has 2 aromatic rings. The molecule has 0 atom stereocenters. The monoisotopic (exact) mass is 415 g/mol. The largest absolute Gasteiger partial charge is 0.338 e. The van der Waals surface area contributed by atoms with Crippen LogP contribution in [0.25, 0.3) is 11.3 Å². The van der Waals surface area contributed by atoms with Gasteiger partial charge in [-0.1, -0.05) is 28.9 Å². The van der Waals surface area contributed by atoms with Crippen molar-refractivity contribution in [3.63, 3.8) is 0 Å². The third kappa shape index (κ3) is 5.74. The molecule has 0 fully saturated rings. The number of carbonyl (C=O) groups is 2. The Balaban J connectivity index is 1.53. The molecule has 1 aliphatic heterocycles. The van der Waals surface area contributed by atoms with Crippen molar-refractivity contribution >= 4 is 40.8 Å². The van der Waals surface area contributed by atoms with Crippen LogP contribution >= 0.6 is 11.6 Å². The Labute approximate surface area is 173 Å². The number of nitrogens with one attached hydrogen (secondary N) is 2. The molecule has 2 N–H and O–H groups in total. The second-order valence-electron chi connectivity index (χ2n) is 6.79. The van der Waals surface area contributed by atoms with Crippen molar-refractivity contribution in [1.29, 1.82) is 5.41 Å². The van der Waals surface area contributed by atoms with Crippen molar-refractivity contribution in [2.24, 2.45) is 4.99 Å². The number of benzene rings is 1. The second kappa shape index (κ2) is 9.47. The molecular weight excluding hydrogens is 394 g/mol. The van der Waals surface area contributed by atoms with Crippen LogP contribution in [0, 0.1) is 5.41 Å². The van der Waals surface area contributed by atoms with E-state index in [9.17, 15) is 9.59 Å². The third-order valence-electron chi connectivity index (χ3n) is 4.35. The predicted molar refractivity (Wildman–Crippen MR) is 111 cm³/mol. The maximum absolute atomic E-state index is 12.5. The number of amides is 2. The van der Waals surface area contributed by atoms with Crippen molar-refractivity contribution in [3.05, 3.63) is 35.4 Å². The van der Waals surface area contributed by atoms with Crippen LogP contribution < -0.4 is 5.32 Å². The van der Waals surface area contributed by atoms with Gasteiger partial charge in [0.25, 0.3) is 0 Å². The van der Waals surface area contributed by atoms with Crippen LogP contribution in [0.4, 0.5) is 5.88 Å². The Kier molecular flexibility index (Phi) is 6.77. The molecule has 0 bridgehead atoms. The summed E-state index contributed by atoms with van der Waals surface area (Å²) < 4.78 is 5.15. The lowest BCUT2D eigenvalue weighted by Gasteiger charge is -2.27. The van der Waals surface area contributed by atoms with Gasteiger partial charge in [-0.25, -0.2) is 0 Å². The van der Waals surface area contributed by atoms with Gasteiger partial charge in [0.2, 0.25) is 17.7 Å². The number of carbonyl (C=O) groups excluding carboxylic acids is 2. The van der Waals surface area contributed by atoms with Crippen LogP contribution in [-0.2, 0) is 9.59 Å². The average Bonchev–Trinajstić information content (AvgIpc) is 3.15. The Morgan fingerprint density at radius 1 is 1.28 bits per heavy atom. The van der Waals surface area contributed by atoms with Crippen molar-refractivity contribution in [1.82, 2.24) is 10.1 Å². The molecule has 0 aliphatic carbocycles. The highest BCUT2D eigenvalue weighted by atomic mass is 35.5. The van der Waals surface area contributed by atoms with E-state index in [0.717, 1.165) is 12.0 Å². The van der Waals surface area contributed by atoms with E-state index in [2.05, 4.69) is 15.5 Å². The third-order valence-corrected chi connectivity index (χ3v) is 4.60. The van der Waals surface area contributed by atoms with Gasteiger partial charge in [-0.3, -0.25) is 19.9 Å². The molecule has 1 aromatic carbocycles. The molecule has 2 amide bonds. The van der Waals surface area contributed by atoms with Gasteiger partial charge < -0.3 is 14.8 Å². The highest BCUT2D eigenvalue weighted by Gasteiger charge is 2.23. The maximum atomic E-state index is 12.5. The van der Waals surface area contributed by atoms with Crippen molar-refractivity contribution in [2.45, 2.75) is 32.6 Å². The molecule has 8 nitrogen and oxygen atoms in total. The zero-order valence-corrected chi connectivity index (χ0v) is 16.8. The summed E-state index contributed by atoms with van der Waals surface area (Å²) in [7, 11) is 0. The van der Waals surface area contributed by atoms with Crippen LogP contribution in [0.15, 0.2) is 39.8 Å². The molecule has 152 valence electrons. The Morgan fingerprint density at radius 3 is 2.76 bits per heavy atom. The molecule has 3 rings (SSSR count). The van der Waals surface area contributed by atoms with Crippen LogP contribution in [0.3, 0.4) is 0 Å². The number of nitrogens with zero attached hydrogens (tertiary/aromatic N) is 3. The smallest absolute Gasteiger partial charge is 0.231 e. The Morgan fingerprint density at radius 2 is 2.03 bits per heavy atom. The molecule has 0 radical (unpaired) electrons. The lowest BCUT2D eigenvalue weighted by molar-refractivity contribution is -0.129. The minimum absolute atomic E-state index is 0.0170. The molecule has 0 saturated heterocycles. The number of halogens is 1. The first-order chi connectivity index (χ1) is 13.9. The minimum Gasteiger partial charge on any atom is -0.338 e. The van der Waals surface area contributed by atoms with Gasteiger partial charge in [0.1, 0.15) is 11.5 Å². The molecule has 0 saturated carbocycles. The summed E-state index contributed by atoms with van der Waals surface area (Å²) in [4.78, 5) is 30.6. The fourth-order valence-electron chi connectivity index (χ4n) is 2.95. The molecule has 29 heavy (non-hydrogen) atoms. The number of hydrogen-bond donors (Lipinski definition) is 2. The minimum atomic E-state index is -0.337. The first-order valence-corrected chi connectivity index (χ1v) is 9.70. The first kappa shape index (κ1) is 20.7. The zero-order chi connectivity index (χ0) is 20.8. The number of hydrogen-bond acceptors (Lipinski definition) is 6. The summed E-state index contributed by atoms with van der Waals surface area (Å²) in [6, 6.07) is 8.71. The van der Waals surface area contributed by atoms with Crippen LogP contribution in [0.2, 0.25) is 5.02 Å². The fraction of sp³-hybridized carbons (Fsp3) is 0.350. The normalized spacial score (nSPS) is 13.7. The molecule has 1 aliphatic rings. The first-order valence-electron chi connectivity index (χ1n) is 9.32. The van der Waals surface area contributed by atoms with E-state index in [-0.39, 0.29) is 30.5 Å². The lowest BCUT2D eigenvalue weighted by Crippen LogP contribution is -2.41. The van der Waals surface area contributed by atoms with Crippen molar-refractivity contribution in [2.75, 3.05) is 18.4 Å². The highest BCUT2D eigenvalue weighted by Crippen LogP contribution is 2.23. The summed E-state index contributed by atoms with van der Waals surface area (Å²) in [5.41, 5.74) is 1.83. The standard InChI is InChI=1S/C20H22ClN5O3/c1-13(22)11-17-23-9-2-10-26(17)20(28)8-7-18(27)24-19-12-16(25-29-19)14-3-5-15(21)6-4-14/h3-6,12,22H,2,7-11H2,1H3,(H,24,27). The number of aromatic nitrogens is 1. The SMILES string of the molecule is CC(=N)CC1=NCCCN1C(=O)CCC(=O)Nc1cc(-c2ccc(Cl)cc2)no1. The number of aliphatic imine (C=N–C) groups is 1. The van der Waals surface area contributed by atoms with Gasteiger partial charge in [0.05, 0.1) is 0 Å². The van der Waals surface area contributed by atoms with Crippen molar-refractivity contribution < 1.29 is 14.1 Å². The summed E-state index contributed by atoms with van der Waals surface area (Å²) in [6.07, 6.45) is 1.21. The van der Waals surface area contributed by atoms with E-state index in [1.54, 1.807) is 42.2 Å². The molecular formula is C20H22ClN5O3. The second-order valence-corrected chi connectivity index (χ2v) is 7.22. The van der Waals surface area contributed by atoms with E-state index in [1.807, 2.05) is 0 Å². The van der Waals surface area contributed by atoms with Gasteiger partial charge in [-0.15, -0.1) is 0 Å². The molecule has 0 unspecified atom stereocenters. The topological polar surface area (TPSA) is 112 Å². The summed E-state index contributed by atoms with van der Waals surface area (Å²) in [5.74, 6) is 0.319. The van der Waals surface area contributed by atoms with Crippen LogP contribution in [-0.4, -0.2) is 46.5 Å². The fourth-order valence-corrected chi connectivity index (χ4v) is 3.08. The maximum Gasteiger partial charge on any atom is 0.231 e. The predicted octanol–water partition coefficient (Wildman–Crippen LogP) is 3.77. The number of amidine groups is 1. The molecule has 0 spiro atoms. The van der Waals surface area contributed by atoms with Crippen molar-refractivity contribution in [3.8, 4) is 11.3 Å². The quantitative estimate of drug-likeness (QED) is 0.670. The molecule has 1 aromatic heterocycles. The molecule has 2 heterocycles. The summed E-state index contributed by atoms with van der Waals surface area (Å²) in [6.45, 7) is 2.91. The Hall–Kier alpha value is -3.00. The summed E-state index contributed by atoms with van der Waals surface area (Å²) in [5, 5.41) is 14.8. The summed E-state index contributed by atoms with van der Waals surface area (Å²) >= 11 is 5.87. The van der Waals surface area contributed by atoms with E-state index in [4.69, 9.17) is 21.5 Å². The highest BCUT2D eigenvalue weighted by molar-refractivity contribution is 6.30.